The van der Waals surface area contributed by atoms with Crippen molar-refractivity contribution < 1.29 is 14.3 Å². The van der Waals surface area contributed by atoms with Gasteiger partial charge in [0, 0.05) is 48.6 Å². The van der Waals surface area contributed by atoms with Crippen LogP contribution in [0.5, 0.6) is 0 Å². The zero-order chi connectivity index (χ0) is 17.4. The second-order valence-electron chi connectivity index (χ2n) is 6.90. The van der Waals surface area contributed by atoms with Crippen LogP contribution in [0.1, 0.15) is 34.6 Å². The molecular formula is C20H24N2O3. The molecule has 0 N–H and O–H groups in total. The summed E-state index contributed by atoms with van der Waals surface area (Å²) in [5, 5.41) is 0. The highest BCUT2D eigenvalue weighted by Gasteiger charge is 2.40. The molecule has 0 radical (unpaired) electrons. The van der Waals surface area contributed by atoms with Gasteiger partial charge in [0.1, 0.15) is 0 Å². The van der Waals surface area contributed by atoms with Gasteiger partial charge in [-0.2, -0.15) is 0 Å². The van der Waals surface area contributed by atoms with Crippen molar-refractivity contribution in [2.24, 2.45) is 0 Å². The molecule has 1 spiro atoms. The number of piperidine rings is 1. The molecule has 0 aliphatic carbocycles. The molecule has 0 unspecified atom stereocenters. The van der Waals surface area contributed by atoms with Crippen LogP contribution in [0.15, 0.2) is 36.4 Å². The molecule has 1 amide bonds. The third kappa shape index (κ3) is 2.98. The van der Waals surface area contributed by atoms with Gasteiger partial charge in [0.25, 0.3) is 5.91 Å². The summed E-state index contributed by atoms with van der Waals surface area (Å²) in [7, 11) is 0. The first-order chi connectivity index (χ1) is 12.1. The van der Waals surface area contributed by atoms with E-state index >= 15 is 0 Å². The van der Waals surface area contributed by atoms with Crippen molar-refractivity contribution in [2.75, 3.05) is 26.3 Å². The first-order valence-electron chi connectivity index (χ1n) is 8.91. The van der Waals surface area contributed by atoms with E-state index in [9.17, 15) is 4.79 Å². The predicted molar refractivity (Wildman–Crippen MR) is 95.0 cm³/mol. The van der Waals surface area contributed by atoms with E-state index in [0.29, 0.717) is 26.3 Å². The molecule has 2 fully saturated rings. The molecule has 132 valence electrons. The molecule has 1 aromatic heterocycles. The monoisotopic (exact) mass is 340 g/mol. The number of amides is 1. The van der Waals surface area contributed by atoms with E-state index in [0.717, 1.165) is 24.1 Å². The SMILES string of the molecule is Cc1ccc(C)n1-c1ccc(C(=O)N2CCC3(CC2)OCCO3)cc1. The highest BCUT2D eigenvalue weighted by molar-refractivity contribution is 5.94. The first-order valence-corrected chi connectivity index (χ1v) is 8.91. The number of carbonyl (C=O) groups is 1. The number of benzene rings is 1. The molecule has 0 bridgehead atoms. The minimum Gasteiger partial charge on any atom is -0.347 e. The summed E-state index contributed by atoms with van der Waals surface area (Å²) in [6, 6.07) is 12.1. The van der Waals surface area contributed by atoms with Crippen LogP contribution in [0.4, 0.5) is 0 Å². The molecule has 5 heteroatoms. The van der Waals surface area contributed by atoms with Crippen LogP contribution < -0.4 is 0 Å². The van der Waals surface area contributed by atoms with E-state index in [1.165, 1.54) is 11.4 Å². The molecule has 0 atom stereocenters. The number of hydrogen-bond acceptors (Lipinski definition) is 3. The largest absolute Gasteiger partial charge is 0.347 e. The van der Waals surface area contributed by atoms with E-state index in [1.807, 2.05) is 29.2 Å². The number of nitrogens with zero attached hydrogens (tertiary/aromatic N) is 2. The number of carbonyl (C=O) groups excluding carboxylic acids is 1. The Morgan fingerprint density at radius 1 is 0.920 bits per heavy atom. The molecule has 4 rings (SSSR count). The molecule has 2 aromatic rings. The van der Waals surface area contributed by atoms with Crippen molar-refractivity contribution in [3.63, 3.8) is 0 Å². The average molecular weight is 340 g/mol. The Balaban J connectivity index is 1.46. The van der Waals surface area contributed by atoms with Crippen molar-refractivity contribution in [2.45, 2.75) is 32.5 Å². The van der Waals surface area contributed by atoms with Crippen LogP contribution >= 0.6 is 0 Å². The molecule has 25 heavy (non-hydrogen) atoms. The van der Waals surface area contributed by atoms with E-state index in [4.69, 9.17) is 9.47 Å². The average Bonchev–Trinajstić information content (AvgIpc) is 3.22. The van der Waals surface area contributed by atoms with Gasteiger partial charge in [-0.15, -0.1) is 0 Å². The molecule has 0 saturated carbocycles. The van der Waals surface area contributed by atoms with Gasteiger partial charge in [0.15, 0.2) is 5.79 Å². The fraction of sp³-hybridized carbons (Fsp3) is 0.450. The molecule has 2 aliphatic heterocycles. The van der Waals surface area contributed by atoms with Gasteiger partial charge < -0.3 is 18.9 Å². The Hall–Kier alpha value is -2.11. The Morgan fingerprint density at radius 2 is 1.48 bits per heavy atom. The molecular weight excluding hydrogens is 316 g/mol. The summed E-state index contributed by atoms with van der Waals surface area (Å²) in [6.45, 7) is 6.85. The molecule has 2 saturated heterocycles. The number of rotatable bonds is 2. The Labute approximate surface area is 148 Å². The predicted octanol–water partition coefficient (Wildman–Crippen LogP) is 3.07. The molecule has 1 aromatic carbocycles. The van der Waals surface area contributed by atoms with Crippen molar-refractivity contribution in [1.82, 2.24) is 9.47 Å². The Bertz CT molecular complexity index is 743. The molecule has 5 nitrogen and oxygen atoms in total. The summed E-state index contributed by atoms with van der Waals surface area (Å²) in [5.41, 5.74) is 4.20. The third-order valence-electron chi connectivity index (χ3n) is 5.27. The smallest absolute Gasteiger partial charge is 0.253 e. The quantitative estimate of drug-likeness (QED) is 0.844. The first kappa shape index (κ1) is 16.4. The maximum absolute atomic E-state index is 12.8. The normalized spacial score (nSPS) is 19.5. The fourth-order valence-electron chi connectivity index (χ4n) is 3.85. The Kier molecular flexibility index (Phi) is 4.13. The number of ether oxygens (including phenoxy) is 2. The fourth-order valence-corrected chi connectivity index (χ4v) is 3.85. The van der Waals surface area contributed by atoms with Gasteiger partial charge in [-0.25, -0.2) is 0 Å². The van der Waals surface area contributed by atoms with Crippen molar-refractivity contribution >= 4 is 5.91 Å². The van der Waals surface area contributed by atoms with Gasteiger partial charge in [-0.3, -0.25) is 4.79 Å². The summed E-state index contributed by atoms with van der Waals surface area (Å²) in [4.78, 5) is 14.7. The van der Waals surface area contributed by atoms with Crippen LogP contribution in [0, 0.1) is 13.8 Å². The second kappa shape index (κ2) is 6.32. The van der Waals surface area contributed by atoms with E-state index in [2.05, 4.69) is 30.5 Å². The number of aromatic nitrogens is 1. The second-order valence-corrected chi connectivity index (χ2v) is 6.90. The highest BCUT2D eigenvalue weighted by Crippen LogP contribution is 2.31. The summed E-state index contributed by atoms with van der Waals surface area (Å²) < 4.78 is 13.7. The summed E-state index contributed by atoms with van der Waals surface area (Å²) in [5.74, 6) is -0.357. The standard InChI is InChI=1S/C20H24N2O3/c1-15-3-4-16(2)22(15)18-7-5-17(6-8-18)19(23)21-11-9-20(10-12-21)24-13-14-25-20/h3-8H,9-14H2,1-2H3. The summed E-state index contributed by atoms with van der Waals surface area (Å²) in [6.07, 6.45) is 1.50. The van der Waals surface area contributed by atoms with E-state index in [-0.39, 0.29) is 5.91 Å². The minimum absolute atomic E-state index is 0.0837. The van der Waals surface area contributed by atoms with E-state index in [1.54, 1.807) is 0 Å². The lowest BCUT2D eigenvalue weighted by atomic mass is 10.0. The van der Waals surface area contributed by atoms with Gasteiger partial charge in [-0.1, -0.05) is 0 Å². The van der Waals surface area contributed by atoms with Crippen LogP contribution in [0.3, 0.4) is 0 Å². The van der Waals surface area contributed by atoms with Crippen LogP contribution in [-0.2, 0) is 9.47 Å². The van der Waals surface area contributed by atoms with Gasteiger partial charge in [-0.05, 0) is 50.2 Å². The number of likely N-dealkylation sites (tertiary alicyclic amines) is 1. The van der Waals surface area contributed by atoms with Crippen LogP contribution in [-0.4, -0.2) is 47.5 Å². The third-order valence-corrected chi connectivity index (χ3v) is 5.27. The van der Waals surface area contributed by atoms with Crippen LogP contribution in [0.25, 0.3) is 5.69 Å². The Morgan fingerprint density at radius 3 is 2.04 bits per heavy atom. The lowest BCUT2D eigenvalue weighted by Crippen LogP contribution is -2.47. The van der Waals surface area contributed by atoms with E-state index < -0.39 is 5.79 Å². The van der Waals surface area contributed by atoms with Gasteiger partial charge >= 0.3 is 0 Å². The number of hydrogen-bond donors (Lipinski definition) is 0. The lowest BCUT2D eigenvalue weighted by molar-refractivity contribution is -0.181. The molecule has 2 aliphatic rings. The summed E-state index contributed by atoms with van der Waals surface area (Å²) >= 11 is 0. The van der Waals surface area contributed by atoms with Crippen molar-refractivity contribution in [1.29, 1.82) is 0 Å². The number of aryl methyl sites for hydroxylation is 2. The zero-order valence-electron chi connectivity index (χ0n) is 14.8. The van der Waals surface area contributed by atoms with Gasteiger partial charge in [0.05, 0.1) is 13.2 Å². The topological polar surface area (TPSA) is 43.7 Å². The zero-order valence-corrected chi connectivity index (χ0v) is 14.8. The lowest BCUT2D eigenvalue weighted by Gasteiger charge is -2.37. The van der Waals surface area contributed by atoms with Crippen molar-refractivity contribution in [3.05, 3.63) is 53.3 Å². The molecule has 3 heterocycles. The maximum Gasteiger partial charge on any atom is 0.253 e. The minimum atomic E-state index is -0.440. The van der Waals surface area contributed by atoms with Crippen LogP contribution in [0.2, 0.25) is 0 Å². The maximum atomic E-state index is 12.8. The van der Waals surface area contributed by atoms with Crippen molar-refractivity contribution in [3.8, 4) is 5.69 Å². The highest BCUT2D eigenvalue weighted by atomic mass is 16.7. The van der Waals surface area contributed by atoms with Gasteiger partial charge in [0.2, 0.25) is 0 Å².